The summed E-state index contributed by atoms with van der Waals surface area (Å²) >= 11 is 0. The molecule has 0 fully saturated rings. The molecule has 1 atom stereocenters. The Kier molecular flexibility index (Phi) is 5.98. The molecule has 0 radical (unpaired) electrons. The summed E-state index contributed by atoms with van der Waals surface area (Å²) in [6.07, 6.45) is 3.66. The van der Waals surface area contributed by atoms with Crippen molar-refractivity contribution in [1.82, 2.24) is 20.0 Å². The summed E-state index contributed by atoms with van der Waals surface area (Å²) in [5, 5.41) is 7.26. The van der Waals surface area contributed by atoms with Crippen LogP contribution in [0.1, 0.15) is 22.7 Å². The number of amides is 1. The first-order chi connectivity index (χ1) is 13.0. The van der Waals surface area contributed by atoms with Crippen molar-refractivity contribution >= 4 is 5.91 Å². The molecule has 0 spiro atoms. The summed E-state index contributed by atoms with van der Waals surface area (Å²) in [6.45, 7) is 1.05. The molecule has 0 aliphatic heterocycles. The zero-order valence-corrected chi connectivity index (χ0v) is 15.5. The maximum Gasteiger partial charge on any atom is 0.242 e. The monoisotopic (exact) mass is 366 g/mol. The number of hydrogen-bond donors (Lipinski definition) is 1. The molecule has 3 aromatic rings. The molecule has 6 heteroatoms. The highest BCUT2D eigenvalue weighted by atomic mass is 19.1. The second-order valence-corrected chi connectivity index (χ2v) is 6.67. The Bertz CT molecular complexity index is 892. The second-order valence-electron chi connectivity index (χ2n) is 6.67. The number of halogens is 1. The molecule has 1 N–H and O–H groups in total. The quantitative estimate of drug-likeness (QED) is 0.699. The first-order valence-corrected chi connectivity index (χ1v) is 8.78. The molecule has 0 bridgehead atoms. The summed E-state index contributed by atoms with van der Waals surface area (Å²) in [5.41, 5.74) is 2.70. The van der Waals surface area contributed by atoms with Crippen LogP contribution in [0.25, 0.3) is 0 Å². The van der Waals surface area contributed by atoms with Crippen molar-refractivity contribution in [1.29, 1.82) is 0 Å². The van der Waals surface area contributed by atoms with E-state index in [0.717, 1.165) is 11.1 Å². The average molecular weight is 366 g/mol. The predicted molar refractivity (Wildman–Crippen MR) is 102 cm³/mol. The van der Waals surface area contributed by atoms with Crippen molar-refractivity contribution in [2.24, 2.45) is 0 Å². The van der Waals surface area contributed by atoms with E-state index in [9.17, 15) is 9.18 Å². The van der Waals surface area contributed by atoms with Gasteiger partial charge in [-0.05, 0) is 37.4 Å². The lowest BCUT2D eigenvalue weighted by Gasteiger charge is -2.23. The summed E-state index contributed by atoms with van der Waals surface area (Å²) in [7, 11) is 3.60. The van der Waals surface area contributed by atoms with E-state index in [4.69, 9.17) is 0 Å². The number of carbonyl (C=O) groups is 1. The van der Waals surface area contributed by atoms with Gasteiger partial charge in [-0.2, -0.15) is 5.10 Å². The number of nitrogens with one attached hydrogen (secondary N) is 1. The van der Waals surface area contributed by atoms with Crippen molar-refractivity contribution in [3.63, 3.8) is 0 Å². The van der Waals surface area contributed by atoms with E-state index in [2.05, 4.69) is 10.4 Å². The van der Waals surface area contributed by atoms with Crippen LogP contribution in [0.3, 0.4) is 0 Å². The SMILES string of the molecule is CN(C)[C@@H](C(=O)NCc1cnn(Cc2ccccc2)c1)c1cccc(F)c1. The molecule has 0 aliphatic rings. The van der Waals surface area contributed by atoms with E-state index in [1.807, 2.05) is 41.2 Å². The number of rotatable bonds is 7. The number of likely N-dealkylation sites (N-methyl/N-ethyl adjacent to an activating group) is 1. The van der Waals surface area contributed by atoms with Gasteiger partial charge in [0, 0.05) is 18.3 Å². The average Bonchev–Trinajstić information content (AvgIpc) is 3.08. The topological polar surface area (TPSA) is 50.2 Å². The van der Waals surface area contributed by atoms with E-state index < -0.39 is 6.04 Å². The zero-order chi connectivity index (χ0) is 19.2. The van der Waals surface area contributed by atoms with Gasteiger partial charge in [0.1, 0.15) is 11.9 Å². The molecule has 1 aromatic heterocycles. The van der Waals surface area contributed by atoms with Gasteiger partial charge in [0.2, 0.25) is 5.91 Å². The molecule has 1 amide bonds. The molecule has 0 unspecified atom stereocenters. The Balaban J connectivity index is 1.62. The highest BCUT2D eigenvalue weighted by molar-refractivity contribution is 5.83. The summed E-state index contributed by atoms with van der Waals surface area (Å²) in [4.78, 5) is 14.4. The number of carbonyl (C=O) groups excluding carboxylic acids is 1. The largest absolute Gasteiger partial charge is 0.350 e. The van der Waals surface area contributed by atoms with Crippen LogP contribution in [0.2, 0.25) is 0 Å². The van der Waals surface area contributed by atoms with Crippen LogP contribution < -0.4 is 5.32 Å². The van der Waals surface area contributed by atoms with E-state index >= 15 is 0 Å². The molecular formula is C21H23FN4O. The van der Waals surface area contributed by atoms with E-state index in [-0.39, 0.29) is 11.7 Å². The highest BCUT2D eigenvalue weighted by Gasteiger charge is 2.23. The van der Waals surface area contributed by atoms with Gasteiger partial charge in [-0.25, -0.2) is 4.39 Å². The maximum absolute atomic E-state index is 13.5. The van der Waals surface area contributed by atoms with Gasteiger partial charge >= 0.3 is 0 Å². The first-order valence-electron chi connectivity index (χ1n) is 8.78. The van der Waals surface area contributed by atoms with E-state index in [0.29, 0.717) is 18.7 Å². The molecule has 0 saturated carbocycles. The summed E-state index contributed by atoms with van der Waals surface area (Å²) in [6, 6.07) is 15.6. The molecule has 5 nitrogen and oxygen atoms in total. The molecule has 2 aromatic carbocycles. The van der Waals surface area contributed by atoms with Crippen LogP contribution in [0.15, 0.2) is 67.0 Å². The van der Waals surface area contributed by atoms with E-state index in [1.54, 1.807) is 37.3 Å². The minimum Gasteiger partial charge on any atom is -0.350 e. The van der Waals surface area contributed by atoms with Gasteiger partial charge in [-0.1, -0.05) is 42.5 Å². The third-order valence-corrected chi connectivity index (χ3v) is 4.27. The fourth-order valence-corrected chi connectivity index (χ4v) is 3.00. The van der Waals surface area contributed by atoms with Crippen molar-refractivity contribution in [3.05, 3.63) is 89.5 Å². The fraction of sp³-hybridized carbons (Fsp3) is 0.238. The van der Waals surface area contributed by atoms with Crippen molar-refractivity contribution in [2.75, 3.05) is 14.1 Å². The smallest absolute Gasteiger partial charge is 0.242 e. The number of benzene rings is 2. The van der Waals surface area contributed by atoms with Gasteiger partial charge in [0.25, 0.3) is 0 Å². The van der Waals surface area contributed by atoms with Crippen molar-refractivity contribution in [2.45, 2.75) is 19.1 Å². The predicted octanol–water partition coefficient (Wildman–Crippen LogP) is 2.99. The van der Waals surface area contributed by atoms with E-state index in [1.165, 1.54) is 12.1 Å². The molecule has 27 heavy (non-hydrogen) atoms. The molecular weight excluding hydrogens is 343 g/mol. The molecule has 3 rings (SSSR count). The fourth-order valence-electron chi connectivity index (χ4n) is 3.00. The van der Waals surface area contributed by atoms with Crippen molar-refractivity contribution in [3.8, 4) is 0 Å². The van der Waals surface area contributed by atoms with Crippen LogP contribution in [-0.2, 0) is 17.9 Å². The lowest BCUT2D eigenvalue weighted by Crippen LogP contribution is -2.36. The zero-order valence-electron chi connectivity index (χ0n) is 15.5. The first kappa shape index (κ1) is 18.8. The summed E-state index contributed by atoms with van der Waals surface area (Å²) < 4.78 is 15.4. The Morgan fingerprint density at radius 2 is 1.93 bits per heavy atom. The number of hydrogen-bond acceptors (Lipinski definition) is 3. The van der Waals surface area contributed by atoms with Gasteiger partial charge < -0.3 is 5.32 Å². The van der Waals surface area contributed by atoms with Gasteiger partial charge in [0.15, 0.2) is 0 Å². The molecule has 0 aliphatic carbocycles. The maximum atomic E-state index is 13.5. The van der Waals surface area contributed by atoms with Crippen LogP contribution in [0.4, 0.5) is 4.39 Å². The normalized spacial score (nSPS) is 12.1. The number of aromatic nitrogens is 2. The number of nitrogens with zero attached hydrogens (tertiary/aromatic N) is 3. The van der Waals surface area contributed by atoms with Gasteiger partial charge in [0.05, 0.1) is 12.7 Å². The molecule has 140 valence electrons. The van der Waals surface area contributed by atoms with Crippen LogP contribution in [0.5, 0.6) is 0 Å². The van der Waals surface area contributed by atoms with Crippen molar-refractivity contribution < 1.29 is 9.18 Å². The van der Waals surface area contributed by atoms with Crippen LogP contribution >= 0.6 is 0 Å². The van der Waals surface area contributed by atoms with Gasteiger partial charge in [-0.3, -0.25) is 14.4 Å². The lowest BCUT2D eigenvalue weighted by atomic mass is 10.1. The molecule has 1 heterocycles. The standard InChI is InChI=1S/C21H23FN4O/c1-25(2)20(18-9-6-10-19(22)11-18)21(27)23-12-17-13-24-26(15-17)14-16-7-4-3-5-8-16/h3-11,13,15,20H,12,14H2,1-2H3,(H,23,27)/t20-/m1/s1. The highest BCUT2D eigenvalue weighted by Crippen LogP contribution is 2.19. The Labute approximate surface area is 158 Å². The lowest BCUT2D eigenvalue weighted by molar-refractivity contribution is -0.125. The van der Waals surface area contributed by atoms with Crippen LogP contribution in [-0.4, -0.2) is 34.7 Å². The van der Waals surface area contributed by atoms with Gasteiger partial charge in [-0.15, -0.1) is 0 Å². The molecule has 0 saturated heterocycles. The Morgan fingerprint density at radius 3 is 2.63 bits per heavy atom. The minimum absolute atomic E-state index is 0.179. The minimum atomic E-state index is -0.555. The Hall–Kier alpha value is -2.99. The summed E-state index contributed by atoms with van der Waals surface area (Å²) in [5.74, 6) is -0.532. The van der Waals surface area contributed by atoms with Crippen LogP contribution in [0, 0.1) is 5.82 Å². The second kappa shape index (κ2) is 8.60. The Morgan fingerprint density at radius 1 is 1.15 bits per heavy atom. The third kappa shape index (κ3) is 5.01. The third-order valence-electron chi connectivity index (χ3n) is 4.27.